The number of amides is 1. The molecule has 0 bridgehead atoms. The van der Waals surface area contributed by atoms with Gasteiger partial charge in [0.15, 0.2) is 6.61 Å². The average Bonchev–Trinajstić information content (AvgIpc) is 2.64. The molecule has 2 rings (SSSR count). The van der Waals surface area contributed by atoms with Crippen LogP contribution in [0.1, 0.15) is 21.5 Å². The first kappa shape index (κ1) is 20.6. The van der Waals surface area contributed by atoms with Crippen molar-refractivity contribution in [2.24, 2.45) is 0 Å². The molecule has 0 aliphatic carbocycles. The highest BCUT2D eigenvalue weighted by atomic mass is 35.5. The van der Waals surface area contributed by atoms with Crippen LogP contribution < -0.4 is 10.1 Å². The summed E-state index contributed by atoms with van der Waals surface area (Å²) in [5.41, 5.74) is -0.235. The Bertz CT molecular complexity index is 822. The number of esters is 1. The third-order valence-corrected chi connectivity index (χ3v) is 3.72. The summed E-state index contributed by atoms with van der Waals surface area (Å²) in [5.74, 6) is -1.15. The van der Waals surface area contributed by atoms with Crippen LogP contribution in [-0.2, 0) is 22.3 Å². The number of rotatable bonds is 6. The number of carbonyl (C=O) groups is 2. The van der Waals surface area contributed by atoms with E-state index in [0.29, 0.717) is 10.6 Å². The highest BCUT2D eigenvalue weighted by molar-refractivity contribution is 6.31. The van der Waals surface area contributed by atoms with Gasteiger partial charge in [0.05, 0.1) is 12.7 Å². The van der Waals surface area contributed by atoms with Crippen molar-refractivity contribution in [1.82, 2.24) is 5.32 Å². The number of benzene rings is 2. The van der Waals surface area contributed by atoms with E-state index in [1.807, 2.05) is 0 Å². The van der Waals surface area contributed by atoms with Gasteiger partial charge in [0.2, 0.25) is 0 Å². The number of ether oxygens (including phenoxy) is 2. The zero-order chi connectivity index (χ0) is 20.0. The standard InChI is InChI=1S/C18H15ClF3NO4/c1-26-15-7-6-13(19)8-14(15)17(25)27-10-16(24)23-9-11-2-4-12(5-3-11)18(20,21)22/h2-8H,9-10H2,1H3,(H,23,24). The quantitative estimate of drug-likeness (QED) is 0.747. The average molecular weight is 402 g/mol. The predicted molar refractivity (Wildman–Crippen MR) is 91.6 cm³/mol. The van der Waals surface area contributed by atoms with Gasteiger partial charge in [-0.3, -0.25) is 4.79 Å². The predicted octanol–water partition coefficient (Wildman–Crippen LogP) is 3.84. The molecule has 2 aromatic rings. The molecule has 0 aromatic heterocycles. The van der Waals surface area contributed by atoms with Gasteiger partial charge in [0.1, 0.15) is 11.3 Å². The second-order valence-electron chi connectivity index (χ2n) is 5.39. The number of methoxy groups -OCH3 is 1. The summed E-state index contributed by atoms with van der Waals surface area (Å²) in [6.07, 6.45) is -4.42. The van der Waals surface area contributed by atoms with Gasteiger partial charge < -0.3 is 14.8 Å². The van der Waals surface area contributed by atoms with Gasteiger partial charge in [-0.05, 0) is 35.9 Å². The van der Waals surface area contributed by atoms with Crippen LogP contribution in [-0.4, -0.2) is 25.6 Å². The summed E-state index contributed by atoms with van der Waals surface area (Å²) in [5, 5.41) is 2.75. The van der Waals surface area contributed by atoms with Crippen molar-refractivity contribution in [3.05, 3.63) is 64.2 Å². The van der Waals surface area contributed by atoms with Crippen molar-refractivity contribution < 1.29 is 32.2 Å². The summed E-state index contributed by atoms with van der Waals surface area (Å²) in [7, 11) is 1.37. The second-order valence-corrected chi connectivity index (χ2v) is 5.83. The molecule has 0 radical (unpaired) electrons. The molecule has 0 spiro atoms. The molecular weight excluding hydrogens is 387 g/mol. The maximum absolute atomic E-state index is 12.5. The Labute approximate surface area is 158 Å². The molecular formula is C18H15ClF3NO4. The van der Waals surface area contributed by atoms with E-state index in [4.69, 9.17) is 21.1 Å². The molecule has 0 heterocycles. The van der Waals surface area contributed by atoms with Crippen molar-refractivity contribution in [2.75, 3.05) is 13.7 Å². The van der Waals surface area contributed by atoms with Crippen molar-refractivity contribution in [1.29, 1.82) is 0 Å². The summed E-state index contributed by atoms with van der Waals surface area (Å²) >= 11 is 5.82. The van der Waals surface area contributed by atoms with Gasteiger partial charge in [-0.2, -0.15) is 13.2 Å². The number of hydrogen-bond acceptors (Lipinski definition) is 4. The van der Waals surface area contributed by atoms with Crippen LogP contribution in [0.2, 0.25) is 5.02 Å². The lowest BCUT2D eigenvalue weighted by molar-refractivity contribution is -0.137. The Kier molecular flexibility index (Phi) is 6.68. The van der Waals surface area contributed by atoms with Crippen molar-refractivity contribution >= 4 is 23.5 Å². The Hall–Kier alpha value is -2.74. The summed E-state index contributed by atoms with van der Waals surface area (Å²) in [6.45, 7) is -0.565. The first-order valence-corrected chi connectivity index (χ1v) is 8.02. The molecule has 5 nitrogen and oxygen atoms in total. The molecule has 27 heavy (non-hydrogen) atoms. The zero-order valence-corrected chi connectivity index (χ0v) is 14.9. The van der Waals surface area contributed by atoms with E-state index >= 15 is 0 Å². The molecule has 0 atom stereocenters. The molecule has 0 saturated heterocycles. The van der Waals surface area contributed by atoms with Crippen LogP contribution in [0.4, 0.5) is 13.2 Å². The zero-order valence-electron chi connectivity index (χ0n) is 14.1. The third kappa shape index (κ3) is 5.89. The number of halogens is 4. The third-order valence-electron chi connectivity index (χ3n) is 3.49. The highest BCUT2D eigenvalue weighted by Crippen LogP contribution is 2.29. The van der Waals surface area contributed by atoms with E-state index in [2.05, 4.69) is 5.32 Å². The van der Waals surface area contributed by atoms with Gasteiger partial charge in [-0.25, -0.2) is 4.79 Å². The Morgan fingerprint density at radius 2 is 1.78 bits per heavy atom. The number of carbonyl (C=O) groups excluding carboxylic acids is 2. The van der Waals surface area contributed by atoms with Crippen LogP contribution in [0.3, 0.4) is 0 Å². The van der Waals surface area contributed by atoms with E-state index in [1.54, 1.807) is 0 Å². The first-order valence-electron chi connectivity index (χ1n) is 7.64. The molecule has 2 aromatic carbocycles. The van der Waals surface area contributed by atoms with Crippen LogP contribution in [0.25, 0.3) is 0 Å². The van der Waals surface area contributed by atoms with Gasteiger partial charge in [0, 0.05) is 11.6 Å². The fourth-order valence-corrected chi connectivity index (χ4v) is 2.28. The Morgan fingerprint density at radius 3 is 2.37 bits per heavy atom. The van der Waals surface area contributed by atoms with Crippen LogP contribution in [0, 0.1) is 0 Å². The van der Waals surface area contributed by atoms with E-state index in [-0.39, 0.29) is 17.9 Å². The lowest BCUT2D eigenvalue weighted by Crippen LogP contribution is -2.28. The van der Waals surface area contributed by atoms with Crippen LogP contribution in [0.5, 0.6) is 5.75 Å². The SMILES string of the molecule is COc1ccc(Cl)cc1C(=O)OCC(=O)NCc1ccc(C(F)(F)F)cc1. The van der Waals surface area contributed by atoms with Gasteiger partial charge in [-0.1, -0.05) is 23.7 Å². The Balaban J connectivity index is 1.86. The maximum Gasteiger partial charge on any atom is 0.416 e. The largest absolute Gasteiger partial charge is 0.496 e. The minimum absolute atomic E-state index is 0.00495. The van der Waals surface area contributed by atoms with E-state index in [1.165, 1.54) is 37.4 Å². The first-order chi connectivity index (χ1) is 12.7. The lowest BCUT2D eigenvalue weighted by atomic mass is 10.1. The second kappa shape index (κ2) is 8.77. The number of hydrogen-bond donors (Lipinski definition) is 1. The van der Waals surface area contributed by atoms with Crippen LogP contribution >= 0.6 is 11.6 Å². The Morgan fingerprint density at radius 1 is 1.11 bits per heavy atom. The number of nitrogens with one attached hydrogen (secondary N) is 1. The van der Waals surface area contributed by atoms with Crippen LogP contribution in [0.15, 0.2) is 42.5 Å². The van der Waals surface area contributed by atoms with Crippen molar-refractivity contribution in [3.8, 4) is 5.75 Å². The molecule has 0 unspecified atom stereocenters. The van der Waals surface area contributed by atoms with Gasteiger partial charge in [0.25, 0.3) is 5.91 Å². The normalized spacial score (nSPS) is 11.0. The molecule has 144 valence electrons. The minimum Gasteiger partial charge on any atom is -0.496 e. The van der Waals surface area contributed by atoms with E-state index < -0.39 is 30.2 Å². The van der Waals surface area contributed by atoms with Gasteiger partial charge in [-0.15, -0.1) is 0 Å². The molecule has 1 N–H and O–H groups in total. The summed E-state index contributed by atoms with van der Waals surface area (Å²) < 4.78 is 47.4. The highest BCUT2D eigenvalue weighted by Gasteiger charge is 2.29. The molecule has 0 fully saturated rings. The van der Waals surface area contributed by atoms with Crippen molar-refractivity contribution in [2.45, 2.75) is 12.7 Å². The summed E-state index contributed by atoms with van der Waals surface area (Å²) in [4.78, 5) is 23.8. The lowest BCUT2D eigenvalue weighted by Gasteiger charge is -2.10. The molecule has 0 saturated carbocycles. The van der Waals surface area contributed by atoms with E-state index in [9.17, 15) is 22.8 Å². The molecule has 0 aliphatic heterocycles. The molecule has 0 aliphatic rings. The fraction of sp³-hybridized carbons (Fsp3) is 0.222. The topological polar surface area (TPSA) is 64.6 Å². The molecule has 1 amide bonds. The number of alkyl halides is 3. The van der Waals surface area contributed by atoms with Crippen molar-refractivity contribution in [3.63, 3.8) is 0 Å². The monoisotopic (exact) mass is 401 g/mol. The van der Waals surface area contributed by atoms with Gasteiger partial charge >= 0.3 is 12.1 Å². The smallest absolute Gasteiger partial charge is 0.416 e. The molecule has 9 heteroatoms. The minimum atomic E-state index is -4.42. The maximum atomic E-state index is 12.5. The summed E-state index contributed by atoms with van der Waals surface area (Å²) in [6, 6.07) is 8.73. The van der Waals surface area contributed by atoms with E-state index in [0.717, 1.165) is 12.1 Å². The fourth-order valence-electron chi connectivity index (χ4n) is 2.11.